The van der Waals surface area contributed by atoms with Gasteiger partial charge in [-0.15, -0.1) is 11.8 Å². The fourth-order valence-electron chi connectivity index (χ4n) is 4.13. The van der Waals surface area contributed by atoms with Gasteiger partial charge in [0.2, 0.25) is 15.9 Å². The zero-order valence-electron chi connectivity index (χ0n) is 16.5. The lowest BCUT2D eigenvalue weighted by Gasteiger charge is -2.36. The van der Waals surface area contributed by atoms with Crippen LogP contribution in [0.25, 0.3) is 0 Å². The Morgan fingerprint density at radius 3 is 2.41 bits per heavy atom. The third-order valence-electron chi connectivity index (χ3n) is 5.60. The fraction of sp³-hybridized carbons (Fsp3) is 0.556. The number of piperazine rings is 1. The van der Waals surface area contributed by atoms with Crippen LogP contribution in [0, 0.1) is 0 Å². The quantitative estimate of drug-likeness (QED) is 0.666. The summed E-state index contributed by atoms with van der Waals surface area (Å²) in [6, 6.07) is 3.05. The Labute approximate surface area is 174 Å². The van der Waals surface area contributed by atoms with Gasteiger partial charge in [-0.25, -0.2) is 8.42 Å². The molecule has 0 unspecified atom stereocenters. The van der Waals surface area contributed by atoms with Crippen LogP contribution in [0.15, 0.2) is 12.1 Å². The molecule has 11 heteroatoms. The van der Waals surface area contributed by atoms with Crippen LogP contribution in [-0.2, 0) is 14.8 Å². The van der Waals surface area contributed by atoms with Crippen molar-refractivity contribution in [2.75, 3.05) is 52.4 Å². The van der Waals surface area contributed by atoms with E-state index in [9.17, 15) is 18.0 Å². The van der Waals surface area contributed by atoms with E-state index >= 15 is 0 Å². The number of sulfonamides is 1. The maximum absolute atomic E-state index is 13.2. The first-order valence-electron chi connectivity index (χ1n) is 9.21. The summed E-state index contributed by atoms with van der Waals surface area (Å²) in [5, 5.41) is -0.233. The van der Waals surface area contributed by atoms with E-state index in [1.54, 1.807) is 27.6 Å². The molecule has 0 radical (unpaired) electrons. The maximum atomic E-state index is 13.2. The molecule has 9 nitrogen and oxygen atoms in total. The first kappa shape index (κ1) is 20.3. The molecule has 29 heavy (non-hydrogen) atoms. The molecular weight excluding hydrogens is 418 g/mol. The second kappa shape index (κ2) is 7.37. The molecular formula is C18H23N3O6S2. The molecule has 2 saturated heterocycles. The second-order valence-electron chi connectivity index (χ2n) is 7.17. The number of methoxy groups -OCH3 is 2. The lowest BCUT2D eigenvalue weighted by atomic mass is 10.1. The average Bonchev–Trinajstić information content (AvgIpc) is 3.26. The summed E-state index contributed by atoms with van der Waals surface area (Å²) in [5.74, 6) is 0.998. The van der Waals surface area contributed by atoms with Gasteiger partial charge in [-0.3, -0.25) is 9.59 Å². The first-order chi connectivity index (χ1) is 13.8. The maximum Gasteiger partial charge on any atom is 0.260 e. The number of fused-ring (bicyclic) bond motifs is 3. The number of hydrogen-bond acceptors (Lipinski definition) is 7. The number of nitrogens with zero attached hydrogens (tertiary/aromatic N) is 3. The molecule has 2 fully saturated rings. The smallest absolute Gasteiger partial charge is 0.260 e. The summed E-state index contributed by atoms with van der Waals surface area (Å²) in [6.45, 7) is 1.19. The number of rotatable bonds is 4. The zero-order valence-corrected chi connectivity index (χ0v) is 18.1. The highest BCUT2D eigenvalue weighted by Crippen LogP contribution is 2.52. The van der Waals surface area contributed by atoms with Crippen molar-refractivity contribution in [3.63, 3.8) is 0 Å². The Bertz CT molecular complexity index is 959. The van der Waals surface area contributed by atoms with Crippen molar-refractivity contribution in [2.24, 2.45) is 0 Å². The minimum atomic E-state index is -3.27. The van der Waals surface area contributed by atoms with E-state index in [1.807, 2.05) is 6.07 Å². The molecule has 0 aromatic heterocycles. The zero-order chi connectivity index (χ0) is 20.9. The fourth-order valence-corrected chi connectivity index (χ4v) is 6.41. The molecule has 3 heterocycles. The van der Waals surface area contributed by atoms with E-state index < -0.39 is 16.1 Å². The van der Waals surface area contributed by atoms with Gasteiger partial charge in [-0.1, -0.05) is 6.07 Å². The van der Waals surface area contributed by atoms with Crippen LogP contribution in [-0.4, -0.2) is 92.8 Å². The molecule has 3 aliphatic heterocycles. The Hall–Kier alpha value is -1.98. The van der Waals surface area contributed by atoms with Gasteiger partial charge in [0.05, 0.1) is 26.0 Å². The molecule has 1 aromatic carbocycles. The van der Waals surface area contributed by atoms with Gasteiger partial charge in [0, 0.05) is 37.5 Å². The van der Waals surface area contributed by atoms with E-state index in [1.165, 1.54) is 24.8 Å². The van der Waals surface area contributed by atoms with Gasteiger partial charge >= 0.3 is 0 Å². The highest BCUT2D eigenvalue weighted by molar-refractivity contribution is 7.99. The van der Waals surface area contributed by atoms with Gasteiger partial charge < -0.3 is 19.3 Å². The van der Waals surface area contributed by atoms with Crippen LogP contribution in [0.2, 0.25) is 0 Å². The molecule has 4 rings (SSSR count). The molecule has 158 valence electrons. The van der Waals surface area contributed by atoms with Crippen LogP contribution < -0.4 is 9.47 Å². The van der Waals surface area contributed by atoms with Crippen molar-refractivity contribution in [3.05, 3.63) is 23.3 Å². The standard InChI is InChI=1S/C18H23N3O6S2/c1-26-13-5-4-11-14(15(13)27-2)17(23)21-12(10-28-18(11)21)16(22)19-6-8-20(9-7-19)29(3,24)25/h4-5,12,18H,6-10H2,1-3H3/t12-,18+/m0/s1. The van der Waals surface area contributed by atoms with Crippen LogP contribution in [0.3, 0.4) is 0 Å². The number of amides is 2. The molecule has 2 atom stereocenters. The van der Waals surface area contributed by atoms with Gasteiger partial charge in [-0.2, -0.15) is 4.31 Å². The third kappa shape index (κ3) is 3.24. The SMILES string of the molecule is COc1ccc2c(c1OC)C(=O)N1[C@@H]2SC[C@H]1C(=O)N1CCN(S(C)(=O)=O)CC1. The van der Waals surface area contributed by atoms with Crippen molar-refractivity contribution in [2.45, 2.75) is 11.4 Å². The van der Waals surface area contributed by atoms with Crippen molar-refractivity contribution in [3.8, 4) is 11.5 Å². The number of carbonyl (C=O) groups is 2. The minimum Gasteiger partial charge on any atom is -0.493 e. The molecule has 0 spiro atoms. The van der Waals surface area contributed by atoms with E-state index in [-0.39, 0.29) is 30.3 Å². The van der Waals surface area contributed by atoms with Gasteiger partial charge in [0.15, 0.2) is 11.5 Å². The number of benzene rings is 1. The summed E-state index contributed by atoms with van der Waals surface area (Å²) in [7, 11) is -0.259. The molecule has 1 aromatic rings. The summed E-state index contributed by atoms with van der Waals surface area (Å²) in [5.41, 5.74) is 1.28. The summed E-state index contributed by atoms with van der Waals surface area (Å²) < 4.78 is 35.5. The van der Waals surface area contributed by atoms with Crippen LogP contribution in [0.4, 0.5) is 0 Å². The molecule has 0 N–H and O–H groups in total. The summed E-state index contributed by atoms with van der Waals surface area (Å²) >= 11 is 1.55. The third-order valence-corrected chi connectivity index (χ3v) is 8.21. The number of hydrogen-bond donors (Lipinski definition) is 0. The van der Waals surface area contributed by atoms with Crippen molar-refractivity contribution >= 4 is 33.6 Å². The Morgan fingerprint density at radius 1 is 1.14 bits per heavy atom. The molecule has 3 aliphatic rings. The van der Waals surface area contributed by atoms with Crippen LogP contribution in [0.1, 0.15) is 21.3 Å². The topological polar surface area (TPSA) is 96.5 Å². The van der Waals surface area contributed by atoms with Gasteiger partial charge in [0.1, 0.15) is 11.4 Å². The van der Waals surface area contributed by atoms with E-state index in [2.05, 4.69) is 0 Å². The lowest BCUT2D eigenvalue weighted by molar-refractivity contribution is -0.136. The number of carbonyl (C=O) groups excluding carboxylic acids is 2. The van der Waals surface area contributed by atoms with E-state index in [0.29, 0.717) is 35.9 Å². The van der Waals surface area contributed by atoms with E-state index in [4.69, 9.17) is 9.47 Å². The highest BCUT2D eigenvalue weighted by atomic mass is 32.2. The Balaban J connectivity index is 1.55. The van der Waals surface area contributed by atoms with Crippen LogP contribution >= 0.6 is 11.8 Å². The largest absolute Gasteiger partial charge is 0.493 e. The molecule has 0 bridgehead atoms. The summed E-state index contributed by atoms with van der Waals surface area (Å²) in [6.07, 6.45) is 1.17. The first-order valence-corrected chi connectivity index (χ1v) is 12.1. The number of ether oxygens (including phenoxy) is 2. The second-order valence-corrected chi connectivity index (χ2v) is 10.3. The van der Waals surface area contributed by atoms with Gasteiger partial charge in [0.25, 0.3) is 5.91 Å². The van der Waals surface area contributed by atoms with Crippen molar-refractivity contribution in [1.29, 1.82) is 0 Å². The molecule has 2 amide bonds. The van der Waals surface area contributed by atoms with E-state index in [0.717, 1.165) is 5.56 Å². The van der Waals surface area contributed by atoms with Crippen molar-refractivity contribution in [1.82, 2.24) is 14.1 Å². The molecule has 0 aliphatic carbocycles. The van der Waals surface area contributed by atoms with Crippen LogP contribution in [0.5, 0.6) is 11.5 Å². The average molecular weight is 442 g/mol. The number of thioether (sulfide) groups is 1. The lowest BCUT2D eigenvalue weighted by Crippen LogP contribution is -2.55. The minimum absolute atomic E-state index is 0.139. The Morgan fingerprint density at radius 2 is 1.83 bits per heavy atom. The molecule has 0 saturated carbocycles. The van der Waals surface area contributed by atoms with Gasteiger partial charge in [-0.05, 0) is 6.07 Å². The van der Waals surface area contributed by atoms with Crippen molar-refractivity contribution < 1.29 is 27.5 Å². The predicted molar refractivity (Wildman–Crippen MR) is 108 cm³/mol. The normalized spacial score (nSPS) is 24.4. The highest BCUT2D eigenvalue weighted by Gasteiger charge is 2.51. The monoisotopic (exact) mass is 441 g/mol. The predicted octanol–water partition coefficient (Wildman–Crippen LogP) is 0.377. The Kier molecular flexibility index (Phi) is 5.16. The summed E-state index contributed by atoms with van der Waals surface area (Å²) in [4.78, 5) is 29.7.